The standard InChI is InChI=1S/C24H25ClN2O2/c1-18-14-23-21(16-22(18)25)20(15-24(28)29-23)17-27-12-10-26(11-13-27)9-5-8-19-6-3-2-4-7-19/h2-8,14-16H,9-13,17H2,1H3. The highest BCUT2D eigenvalue weighted by Gasteiger charge is 2.18. The number of benzene rings is 2. The molecule has 1 aliphatic rings. The lowest BCUT2D eigenvalue weighted by atomic mass is 10.1. The molecule has 0 radical (unpaired) electrons. The summed E-state index contributed by atoms with van der Waals surface area (Å²) in [5, 5.41) is 1.62. The van der Waals surface area contributed by atoms with Crippen molar-refractivity contribution in [2.75, 3.05) is 32.7 Å². The van der Waals surface area contributed by atoms with Crippen LogP contribution in [0.4, 0.5) is 0 Å². The molecule has 4 rings (SSSR count). The molecule has 2 heterocycles. The zero-order valence-electron chi connectivity index (χ0n) is 16.6. The van der Waals surface area contributed by atoms with Gasteiger partial charge in [0.05, 0.1) is 0 Å². The van der Waals surface area contributed by atoms with Crippen molar-refractivity contribution in [3.63, 3.8) is 0 Å². The summed E-state index contributed by atoms with van der Waals surface area (Å²) in [5.74, 6) is 0. The number of fused-ring (bicyclic) bond motifs is 1. The highest BCUT2D eigenvalue weighted by molar-refractivity contribution is 6.32. The lowest BCUT2D eigenvalue weighted by Gasteiger charge is -2.34. The zero-order valence-corrected chi connectivity index (χ0v) is 17.4. The number of nitrogens with zero attached hydrogens (tertiary/aromatic N) is 2. The fraction of sp³-hybridized carbons (Fsp3) is 0.292. The van der Waals surface area contributed by atoms with E-state index in [9.17, 15) is 4.79 Å². The Kier molecular flexibility index (Phi) is 6.14. The van der Waals surface area contributed by atoms with E-state index >= 15 is 0 Å². The lowest BCUT2D eigenvalue weighted by molar-refractivity contribution is 0.137. The van der Waals surface area contributed by atoms with Crippen molar-refractivity contribution >= 4 is 28.6 Å². The summed E-state index contributed by atoms with van der Waals surface area (Å²) < 4.78 is 5.38. The van der Waals surface area contributed by atoms with Crippen molar-refractivity contribution < 1.29 is 4.42 Å². The summed E-state index contributed by atoms with van der Waals surface area (Å²) in [6.07, 6.45) is 4.40. The van der Waals surface area contributed by atoms with Crippen molar-refractivity contribution in [1.29, 1.82) is 0 Å². The first kappa shape index (κ1) is 19.9. The second-order valence-electron chi connectivity index (χ2n) is 7.58. The summed E-state index contributed by atoms with van der Waals surface area (Å²) in [7, 11) is 0. The fourth-order valence-electron chi connectivity index (χ4n) is 3.75. The maximum Gasteiger partial charge on any atom is 0.336 e. The van der Waals surface area contributed by atoms with Crippen LogP contribution in [0.3, 0.4) is 0 Å². The molecule has 29 heavy (non-hydrogen) atoms. The van der Waals surface area contributed by atoms with E-state index < -0.39 is 0 Å². The third-order valence-electron chi connectivity index (χ3n) is 5.44. The minimum Gasteiger partial charge on any atom is -0.423 e. The molecule has 0 bridgehead atoms. The fourth-order valence-corrected chi connectivity index (χ4v) is 3.92. The van der Waals surface area contributed by atoms with Crippen LogP contribution in [0.25, 0.3) is 17.0 Å². The normalized spacial score (nSPS) is 16.1. The maximum absolute atomic E-state index is 12.0. The van der Waals surface area contributed by atoms with Gasteiger partial charge in [0.1, 0.15) is 5.58 Å². The van der Waals surface area contributed by atoms with Gasteiger partial charge >= 0.3 is 5.63 Å². The maximum atomic E-state index is 12.0. The Morgan fingerprint density at radius 2 is 1.76 bits per heavy atom. The van der Waals surface area contributed by atoms with Crippen molar-refractivity contribution in [1.82, 2.24) is 9.80 Å². The first-order valence-corrected chi connectivity index (χ1v) is 10.4. The van der Waals surface area contributed by atoms with Crippen molar-refractivity contribution in [2.45, 2.75) is 13.5 Å². The summed E-state index contributed by atoms with van der Waals surface area (Å²) in [4.78, 5) is 16.8. The summed E-state index contributed by atoms with van der Waals surface area (Å²) >= 11 is 6.31. The molecular weight excluding hydrogens is 384 g/mol. The second-order valence-corrected chi connectivity index (χ2v) is 7.99. The Balaban J connectivity index is 1.38. The molecule has 0 unspecified atom stereocenters. The van der Waals surface area contributed by atoms with Crippen molar-refractivity contribution in [3.8, 4) is 0 Å². The molecule has 0 N–H and O–H groups in total. The van der Waals surface area contributed by atoms with Crippen LogP contribution in [0.5, 0.6) is 0 Å². The van der Waals surface area contributed by atoms with Gasteiger partial charge in [-0.3, -0.25) is 9.80 Å². The number of rotatable bonds is 5. The minimum atomic E-state index is -0.307. The second kappa shape index (κ2) is 8.95. The van der Waals surface area contributed by atoms with Gasteiger partial charge in [-0.1, -0.05) is 54.1 Å². The first-order chi connectivity index (χ1) is 14.1. The number of aryl methyl sites for hydroxylation is 1. The van der Waals surface area contributed by atoms with Gasteiger partial charge in [-0.05, 0) is 35.7 Å². The van der Waals surface area contributed by atoms with E-state index in [1.54, 1.807) is 6.07 Å². The van der Waals surface area contributed by atoms with E-state index in [1.165, 1.54) is 5.56 Å². The number of hydrogen-bond donors (Lipinski definition) is 0. The molecule has 0 atom stereocenters. The van der Waals surface area contributed by atoms with Crippen molar-refractivity contribution in [3.05, 3.63) is 86.7 Å². The Hall–Kier alpha value is -2.40. The predicted octanol–water partition coefficient (Wildman–Crippen LogP) is 4.59. The van der Waals surface area contributed by atoms with Gasteiger partial charge in [-0.15, -0.1) is 0 Å². The van der Waals surface area contributed by atoms with Crippen LogP contribution in [0.1, 0.15) is 16.7 Å². The quantitative estimate of drug-likeness (QED) is 0.579. The van der Waals surface area contributed by atoms with E-state index in [-0.39, 0.29) is 5.63 Å². The van der Waals surface area contributed by atoms with Crippen LogP contribution in [-0.4, -0.2) is 42.5 Å². The molecule has 1 saturated heterocycles. The van der Waals surface area contributed by atoms with E-state index in [2.05, 4.69) is 46.2 Å². The van der Waals surface area contributed by atoms with Crippen LogP contribution < -0.4 is 5.63 Å². The molecule has 4 nitrogen and oxygen atoms in total. The molecule has 0 spiro atoms. The third-order valence-corrected chi connectivity index (χ3v) is 5.85. The first-order valence-electron chi connectivity index (χ1n) is 9.98. The topological polar surface area (TPSA) is 36.7 Å². The predicted molar refractivity (Wildman–Crippen MR) is 119 cm³/mol. The molecule has 0 amide bonds. The summed E-state index contributed by atoms with van der Waals surface area (Å²) in [6, 6.07) is 15.7. The van der Waals surface area contributed by atoms with Crippen molar-refractivity contribution in [2.24, 2.45) is 0 Å². The van der Waals surface area contributed by atoms with Gasteiger partial charge in [0.2, 0.25) is 0 Å². The molecule has 150 valence electrons. The average molecular weight is 409 g/mol. The van der Waals surface area contributed by atoms with E-state index in [1.807, 2.05) is 25.1 Å². The van der Waals surface area contributed by atoms with Crippen LogP contribution in [0, 0.1) is 6.92 Å². The van der Waals surface area contributed by atoms with E-state index in [0.717, 1.165) is 55.8 Å². The number of hydrogen-bond acceptors (Lipinski definition) is 4. The van der Waals surface area contributed by atoms with Gasteiger partial charge < -0.3 is 4.42 Å². The third kappa shape index (κ3) is 4.96. The Bertz CT molecular complexity index is 1070. The molecule has 1 fully saturated rings. The van der Waals surface area contributed by atoms with Gasteiger partial charge in [0.25, 0.3) is 0 Å². The molecule has 2 aromatic carbocycles. The van der Waals surface area contributed by atoms with Gasteiger partial charge in [-0.2, -0.15) is 0 Å². The Labute approximate surface area is 176 Å². The number of halogens is 1. The highest BCUT2D eigenvalue weighted by Crippen LogP contribution is 2.26. The molecule has 0 saturated carbocycles. The summed E-state index contributed by atoms with van der Waals surface area (Å²) in [5.41, 5.74) is 3.43. The van der Waals surface area contributed by atoms with Gasteiger partial charge in [0, 0.05) is 55.7 Å². The van der Waals surface area contributed by atoms with Crippen LogP contribution in [0.15, 0.2) is 63.8 Å². The van der Waals surface area contributed by atoms with E-state index in [4.69, 9.17) is 16.0 Å². The molecular formula is C24H25ClN2O2. The average Bonchev–Trinajstić information content (AvgIpc) is 2.71. The van der Waals surface area contributed by atoms with Crippen LogP contribution >= 0.6 is 11.6 Å². The molecule has 3 aromatic rings. The monoisotopic (exact) mass is 408 g/mol. The smallest absolute Gasteiger partial charge is 0.336 e. The molecule has 1 aliphatic heterocycles. The van der Waals surface area contributed by atoms with Crippen LogP contribution in [0.2, 0.25) is 5.02 Å². The minimum absolute atomic E-state index is 0.307. The molecule has 5 heteroatoms. The Morgan fingerprint density at radius 3 is 2.52 bits per heavy atom. The molecule has 1 aromatic heterocycles. The lowest BCUT2D eigenvalue weighted by Crippen LogP contribution is -2.45. The highest BCUT2D eigenvalue weighted by atomic mass is 35.5. The Morgan fingerprint density at radius 1 is 1.03 bits per heavy atom. The number of piperazine rings is 1. The SMILES string of the molecule is Cc1cc2oc(=O)cc(CN3CCN(CC=Cc4ccccc4)CC3)c2cc1Cl. The molecule has 0 aliphatic carbocycles. The van der Waals surface area contributed by atoms with Gasteiger partial charge in [0.15, 0.2) is 0 Å². The summed E-state index contributed by atoms with van der Waals surface area (Å²) in [6.45, 7) is 7.57. The van der Waals surface area contributed by atoms with Gasteiger partial charge in [-0.25, -0.2) is 4.79 Å². The van der Waals surface area contributed by atoms with E-state index in [0.29, 0.717) is 10.6 Å². The van der Waals surface area contributed by atoms with Crippen LogP contribution in [-0.2, 0) is 6.54 Å². The largest absolute Gasteiger partial charge is 0.423 e. The zero-order chi connectivity index (χ0) is 20.2.